The molecule has 23 heavy (non-hydrogen) atoms. The number of phenols is 1. The maximum atomic E-state index is 10.3. The molecule has 7 nitrogen and oxygen atoms in total. The number of nitro groups is 2. The Morgan fingerprint density at radius 1 is 0.957 bits per heavy atom. The molecule has 120 valence electrons. The van der Waals surface area contributed by atoms with E-state index in [4.69, 9.17) is 5.11 Å². The summed E-state index contributed by atoms with van der Waals surface area (Å²) in [7, 11) is 0. The van der Waals surface area contributed by atoms with E-state index < -0.39 is 9.85 Å². The van der Waals surface area contributed by atoms with Gasteiger partial charge in [0.2, 0.25) is 0 Å². The third-order valence-corrected chi connectivity index (χ3v) is 3.88. The first-order chi connectivity index (χ1) is 10.9. The van der Waals surface area contributed by atoms with Crippen molar-refractivity contribution in [1.29, 1.82) is 0 Å². The monoisotopic (exact) mass is 316 g/mol. The van der Waals surface area contributed by atoms with Crippen LogP contribution in [-0.4, -0.2) is 15.0 Å². The number of aromatic hydroxyl groups is 1. The molecule has 0 radical (unpaired) electrons. The van der Waals surface area contributed by atoms with E-state index >= 15 is 0 Å². The van der Waals surface area contributed by atoms with Crippen LogP contribution < -0.4 is 0 Å². The van der Waals surface area contributed by atoms with E-state index in [-0.39, 0.29) is 11.4 Å². The molecular weight excluding hydrogens is 300 g/mol. The Morgan fingerprint density at radius 3 is 1.70 bits per heavy atom. The molecule has 0 aliphatic heterocycles. The molecule has 0 spiro atoms. The number of phenolic OH excluding ortho intramolecular Hbond substituents is 1. The topological polar surface area (TPSA) is 107 Å². The fourth-order valence-corrected chi connectivity index (χ4v) is 2.26. The van der Waals surface area contributed by atoms with Gasteiger partial charge in [0.05, 0.1) is 21.0 Å². The fourth-order valence-electron chi connectivity index (χ4n) is 2.26. The van der Waals surface area contributed by atoms with Crippen molar-refractivity contribution in [3.63, 3.8) is 0 Å². The van der Waals surface area contributed by atoms with Gasteiger partial charge in [-0.25, -0.2) is 0 Å². The minimum atomic E-state index is -0.722. The van der Waals surface area contributed by atoms with Crippen LogP contribution in [0, 0.1) is 20.2 Å². The highest BCUT2D eigenvalue weighted by atomic mass is 16.6. The Kier molecular flexibility index (Phi) is 4.59. The smallest absolute Gasteiger partial charge is 0.354 e. The van der Waals surface area contributed by atoms with Gasteiger partial charge in [0.25, 0.3) is 0 Å². The van der Waals surface area contributed by atoms with E-state index in [1.165, 1.54) is 17.7 Å². The standard InChI is InChI=1S/C10H14O.C6H2N2O4/c1-3-8(2)9-4-6-10(11)7-5-9;9-7(10)5-3-1-2-4(3)6(5)8(11)12/h4-8,11H,3H2,1-2H3;1-2H. The summed E-state index contributed by atoms with van der Waals surface area (Å²) in [5.41, 5.74) is 1.36. The summed E-state index contributed by atoms with van der Waals surface area (Å²) < 4.78 is 0. The Morgan fingerprint density at radius 2 is 1.39 bits per heavy atom. The van der Waals surface area contributed by atoms with Crippen LogP contribution in [0.5, 0.6) is 5.75 Å². The Balaban J connectivity index is 0.000000168. The zero-order chi connectivity index (χ0) is 17.1. The van der Waals surface area contributed by atoms with Gasteiger partial charge in [-0.1, -0.05) is 26.0 Å². The lowest BCUT2D eigenvalue weighted by atomic mass is 9.88. The molecule has 0 amide bonds. The van der Waals surface area contributed by atoms with Crippen molar-refractivity contribution < 1.29 is 15.0 Å². The van der Waals surface area contributed by atoms with Crippen molar-refractivity contribution in [3.8, 4) is 16.9 Å². The molecule has 7 heteroatoms. The second kappa shape index (κ2) is 6.43. The summed E-state index contributed by atoms with van der Waals surface area (Å²) in [6.07, 6.45) is 1.14. The van der Waals surface area contributed by atoms with E-state index in [0.29, 0.717) is 22.8 Å². The summed E-state index contributed by atoms with van der Waals surface area (Å²) in [6.45, 7) is 4.35. The summed E-state index contributed by atoms with van der Waals surface area (Å²) in [4.78, 5) is 19.1. The zero-order valence-electron chi connectivity index (χ0n) is 12.7. The summed E-state index contributed by atoms with van der Waals surface area (Å²) in [5, 5.41) is 29.5. The molecule has 0 fully saturated rings. The summed E-state index contributed by atoms with van der Waals surface area (Å²) >= 11 is 0. The van der Waals surface area contributed by atoms with E-state index in [2.05, 4.69) is 13.8 Å². The van der Waals surface area contributed by atoms with Gasteiger partial charge in [-0.05, 0) is 42.2 Å². The van der Waals surface area contributed by atoms with Gasteiger partial charge in [-0.3, -0.25) is 20.2 Å². The molecule has 2 aliphatic rings. The highest BCUT2D eigenvalue weighted by Crippen LogP contribution is 2.53. The van der Waals surface area contributed by atoms with Gasteiger partial charge in [-0.15, -0.1) is 0 Å². The van der Waals surface area contributed by atoms with E-state index in [1.807, 2.05) is 12.1 Å². The van der Waals surface area contributed by atoms with Crippen LogP contribution in [0.15, 0.2) is 36.4 Å². The van der Waals surface area contributed by atoms with Crippen LogP contribution in [0.25, 0.3) is 11.1 Å². The number of nitro benzene ring substituents is 2. The molecule has 1 N–H and O–H groups in total. The maximum Gasteiger partial charge on any atom is 0.354 e. The number of hydrogen-bond donors (Lipinski definition) is 1. The van der Waals surface area contributed by atoms with Crippen LogP contribution in [0.2, 0.25) is 0 Å². The molecule has 0 heterocycles. The van der Waals surface area contributed by atoms with Crippen molar-refractivity contribution in [2.24, 2.45) is 0 Å². The predicted molar refractivity (Wildman–Crippen MR) is 85.6 cm³/mol. The molecule has 2 aliphatic carbocycles. The number of benzene rings is 2. The molecule has 0 bridgehead atoms. The molecule has 1 aromatic carbocycles. The Hall–Kier alpha value is -2.96. The minimum absolute atomic E-state index is 0.344. The SMILES string of the molecule is CCC(C)c1ccc(O)cc1.O=[N+]([O-])c1c2ccc-2c1[N+](=O)[O-]. The van der Waals surface area contributed by atoms with Gasteiger partial charge in [-0.2, -0.15) is 0 Å². The van der Waals surface area contributed by atoms with Crippen molar-refractivity contribution >= 4 is 11.4 Å². The maximum absolute atomic E-state index is 10.3. The first kappa shape index (κ1) is 16.4. The molecule has 0 saturated carbocycles. The molecular formula is C16H16N2O5. The lowest BCUT2D eigenvalue weighted by Gasteiger charge is -2.14. The van der Waals surface area contributed by atoms with Crippen LogP contribution in [0.4, 0.5) is 11.4 Å². The van der Waals surface area contributed by atoms with Crippen molar-refractivity contribution in [1.82, 2.24) is 0 Å². The highest BCUT2D eigenvalue weighted by molar-refractivity contribution is 6.00. The van der Waals surface area contributed by atoms with Crippen molar-refractivity contribution in [2.45, 2.75) is 26.2 Å². The van der Waals surface area contributed by atoms with E-state index in [1.54, 1.807) is 12.1 Å². The number of hydrogen-bond acceptors (Lipinski definition) is 5. The third kappa shape index (κ3) is 3.13. The summed E-state index contributed by atoms with van der Waals surface area (Å²) in [6, 6.07) is 10.4. The molecule has 1 unspecified atom stereocenters. The first-order valence-electron chi connectivity index (χ1n) is 7.11. The van der Waals surface area contributed by atoms with Crippen LogP contribution in [0.1, 0.15) is 31.7 Å². The number of fused-ring (bicyclic) bond motifs is 1. The second-order valence-electron chi connectivity index (χ2n) is 5.27. The largest absolute Gasteiger partial charge is 0.508 e. The van der Waals surface area contributed by atoms with Crippen LogP contribution >= 0.6 is 0 Å². The summed E-state index contributed by atoms with van der Waals surface area (Å²) in [5.74, 6) is 0.938. The quantitative estimate of drug-likeness (QED) is 0.567. The molecule has 3 rings (SSSR count). The second-order valence-corrected chi connectivity index (χ2v) is 5.27. The van der Waals surface area contributed by atoms with Crippen LogP contribution in [0.3, 0.4) is 0 Å². The Bertz CT molecular complexity index is 717. The third-order valence-electron chi connectivity index (χ3n) is 3.88. The van der Waals surface area contributed by atoms with Crippen molar-refractivity contribution in [2.75, 3.05) is 0 Å². The highest BCUT2D eigenvalue weighted by Gasteiger charge is 2.43. The average Bonchev–Trinajstić information content (AvgIpc) is 2.49. The molecule has 1 aromatic rings. The molecule has 0 saturated heterocycles. The average molecular weight is 316 g/mol. The normalized spacial score (nSPS) is 11.9. The lowest BCUT2D eigenvalue weighted by Crippen LogP contribution is -2.08. The van der Waals surface area contributed by atoms with Gasteiger partial charge in [0.1, 0.15) is 5.75 Å². The van der Waals surface area contributed by atoms with Crippen molar-refractivity contribution in [3.05, 3.63) is 62.2 Å². The van der Waals surface area contributed by atoms with Gasteiger partial charge in [0.15, 0.2) is 0 Å². The Labute approximate surface area is 132 Å². The fraction of sp³-hybridized carbons (Fsp3) is 0.250. The lowest BCUT2D eigenvalue weighted by molar-refractivity contribution is -0.424. The van der Waals surface area contributed by atoms with E-state index in [9.17, 15) is 20.2 Å². The predicted octanol–water partition coefficient (Wildman–Crippen LogP) is 4.39. The number of nitrogens with zero attached hydrogens (tertiary/aromatic N) is 2. The van der Waals surface area contributed by atoms with E-state index in [0.717, 1.165) is 6.42 Å². The van der Waals surface area contributed by atoms with Gasteiger partial charge >= 0.3 is 11.4 Å². The zero-order valence-corrected chi connectivity index (χ0v) is 12.7. The minimum Gasteiger partial charge on any atom is -0.508 e. The first-order valence-corrected chi connectivity index (χ1v) is 7.11. The van der Waals surface area contributed by atoms with Crippen LogP contribution in [-0.2, 0) is 0 Å². The number of rotatable bonds is 4. The van der Waals surface area contributed by atoms with Gasteiger partial charge < -0.3 is 5.11 Å². The molecule has 1 atom stereocenters. The molecule has 0 aromatic heterocycles. The van der Waals surface area contributed by atoms with Gasteiger partial charge in [0, 0.05) is 0 Å².